The number of fused-ring (bicyclic) bond motifs is 1. The van der Waals surface area contributed by atoms with Gasteiger partial charge in [-0.25, -0.2) is 0 Å². The van der Waals surface area contributed by atoms with Crippen molar-refractivity contribution in [3.05, 3.63) is 59.7 Å². The second-order valence-corrected chi connectivity index (χ2v) is 8.40. The first kappa shape index (κ1) is 21.9. The number of ether oxygens (including phenoxy) is 2. The van der Waals surface area contributed by atoms with Crippen LogP contribution in [-0.4, -0.2) is 35.3 Å². The molecule has 10 nitrogen and oxygen atoms in total. The summed E-state index contributed by atoms with van der Waals surface area (Å²) in [7, 11) is 0. The van der Waals surface area contributed by atoms with Crippen molar-refractivity contribution < 1.29 is 23.6 Å². The molecule has 3 aromatic rings. The number of para-hydroxylation sites is 1. The number of nitrogens with one attached hydrogen (secondary N) is 3. The van der Waals surface area contributed by atoms with Crippen molar-refractivity contribution in [3.8, 4) is 11.5 Å². The Morgan fingerprint density at radius 1 is 1.03 bits per heavy atom. The summed E-state index contributed by atoms with van der Waals surface area (Å²) in [5.74, 6) is 1.66. The summed E-state index contributed by atoms with van der Waals surface area (Å²) in [5.41, 5.74) is 0.850. The molecular formula is C24H25N5O5. The quantitative estimate of drug-likeness (QED) is 0.487. The zero-order valence-electron chi connectivity index (χ0n) is 18.7. The molecule has 0 atom stereocenters. The summed E-state index contributed by atoms with van der Waals surface area (Å²) >= 11 is 0. The molecule has 1 aromatic heterocycles. The minimum atomic E-state index is -0.481. The Labute approximate surface area is 196 Å². The number of carbonyl (C=O) groups excluding carboxylic acids is 2. The molecule has 34 heavy (non-hydrogen) atoms. The molecule has 1 saturated carbocycles. The SMILES string of the molecule is Cc1nc(C2(NCC(=O)Nc3ccccc3C(=O)Nc3ccc4c(c3)OCO4)CCCC2)no1. The van der Waals surface area contributed by atoms with Crippen molar-refractivity contribution in [1.29, 1.82) is 0 Å². The van der Waals surface area contributed by atoms with E-state index in [9.17, 15) is 9.59 Å². The average molecular weight is 463 g/mol. The molecule has 0 bridgehead atoms. The summed E-state index contributed by atoms with van der Waals surface area (Å²) in [6.45, 7) is 1.95. The molecular weight excluding hydrogens is 438 g/mol. The lowest BCUT2D eigenvalue weighted by molar-refractivity contribution is -0.115. The van der Waals surface area contributed by atoms with Gasteiger partial charge in [-0.3, -0.25) is 14.9 Å². The van der Waals surface area contributed by atoms with Crippen molar-refractivity contribution >= 4 is 23.2 Å². The minimum absolute atomic E-state index is 0.0473. The third kappa shape index (κ3) is 4.44. The van der Waals surface area contributed by atoms with E-state index in [4.69, 9.17) is 14.0 Å². The number of benzene rings is 2. The fourth-order valence-corrected chi connectivity index (χ4v) is 4.36. The lowest BCUT2D eigenvalue weighted by Crippen LogP contribution is -2.44. The molecule has 2 aromatic carbocycles. The highest BCUT2D eigenvalue weighted by molar-refractivity contribution is 6.10. The van der Waals surface area contributed by atoms with Crippen molar-refractivity contribution in [2.75, 3.05) is 24.0 Å². The van der Waals surface area contributed by atoms with Gasteiger partial charge in [-0.15, -0.1) is 0 Å². The van der Waals surface area contributed by atoms with Crippen molar-refractivity contribution in [2.24, 2.45) is 0 Å². The molecule has 1 aliphatic heterocycles. The number of rotatable bonds is 7. The molecule has 2 amide bonds. The zero-order valence-corrected chi connectivity index (χ0v) is 18.7. The highest BCUT2D eigenvalue weighted by Crippen LogP contribution is 2.37. The Kier molecular flexibility index (Phi) is 5.89. The number of aromatic nitrogens is 2. The average Bonchev–Trinajstić information content (AvgIpc) is 3.59. The molecule has 5 rings (SSSR count). The summed E-state index contributed by atoms with van der Waals surface area (Å²) in [5, 5.41) is 13.1. The first-order valence-electron chi connectivity index (χ1n) is 11.2. The van der Waals surface area contributed by atoms with Crippen LogP contribution in [0.1, 0.15) is 47.8 Å². The van der Waals surface area contributed by atoms with Gasteiger partial charge in [0.1, 0.15) is 0 Å². The molecule has 2 heterocycles. The smallest absolute Gasteiger partial charge is 0.257 e. The molecule has 2 aliphatic rings. The number of nitrogens with zero attached hydrogens (tertiary/aromatic N) is 2. The summed E-state index contributed by atoms with van der Waals surface area (Å²) in [6.07, 6.45) is 3.69. The molecule has 0 spiro atoms. The fraction of sp³-hybridized carbons (Fsp3) is 0.333. The Bertz CT molecular complexity index is 1220. The van der Waals surface area contributed by atoms with E-state index in [0.717, 1.165) is 25.7 Å². The van der Waals surface area contributed by atoms with Crippen LogP contribution in [0.15, 0.2) is 47.0 Å². The molecule has 0 radical (unpaired) electrons. The normalized spacial score (nSPS) is 15.8. The molecule has 3 N–H and O–H groups in total. The van der Waals surface area contributed by atoms with Crippen LogP contribution in [0.25, 0.3) is 0 Å². The monoisotopic (exact) mass is 463 g/mol. The van der Waals surface area contributed by atoms with Crippen LogP contribution in [-0.2, 0) is 10.3 Å². The van der Waals surface area contributed by atoms with E-state index in [-0.39, 0.29) is 25.2 Å². The minimum Gasteiger partial charge on any atom is -0.454 e. The van der Waals surface area contributed by atoms with Gasteiger partial charge in [0.25, 0.3) is 5.91 Å². The highest BCUT2D eigenvalue weighted by atomic mass is 16.7. The topological polar surface area (TPSA) is 128 Å². The van der Waals surface area contributed by atoms with Gasteiger partial charge in [0.05, 0.1) is 23.3 Å². The van der Waals surface area contributed by atoms with Crippen LogP contribution in [0.2, 0.25) is 0 Å². The lowest BCUT2D eigenvalue weighted by atomic mass is 9.96. The van der Waals surface area contributed by atoms with Crippen molar-refractivity contribution in [1.82, 2.24) is 15.5 Å². The number of carbonyl (C=O) groups is 2. The molecule has 0 unspecified atom stereocenters. The van der Waals surface area contributed by atoms with Crippen LogP contribution in [0.5, 0.6) is 11.5 Å². The molecule has 176 valence electrons. The number of amides is 2. The molecule has 1 aliphatic carbocycles. The lowest BCUT2D eigenvalue weighted by Gasteiger charge is -2.26. The summed E-state index contributed by atoms with van der Waals surface area (Å²) in [6, 6.07) is 12.0. The van der Waals surface area contributed by atoms with Gasteiger partial charge in [-0.05, 0) is 37.1 Å². The van der Waals surface area contributed by atoms with Gasteiger partial charge >= 0.3 is 0 Å². The van der Waals surface area contributed by atoms with Crippen LogP contribution in [0, 0.1) is 6.92 Å². The maximum absolute atomic E-state index is 12.9. The fourth-order valence-electron chi connectivity index (χ4n) is 4.36. The van der Waals surface area contributed by atoms with E-state index in [1.165, 1.54) is 0 Å². The van der Waals surface area contributed by atoms with Crippen LogP contribution in [0.4, 0.5) is 11.4 Å². The number of aryl methyl sites for hydroxylation is 1. The van der Waals surface area contributed by atoms with E-state index >= 15 is 0 Å². The zero-order chi connectivity index (χ0) is 23.5. The maximum Gasteiger partial charge on any atom is 0.257 e. The summed E-state index contributed by atoms with van der Waals surface area (Å²) < 4.78 is 15.8. The molecule has 10 heteroatoms. The van der Waals surface area contributed by atoms with E-state index in [2.05, 4.69) is 26.1 Å². The Hall–Kier alpha value is -3.92. The van der Waals surface area contributed by atoms with Crippen LogP contribution >= 0.6 is 0 Å². The second kappa shape index (κ2) is 9.14. The molecule has 1 fully saturated rings. The predicted molar refractivity (Wildman–Crippen MR) is 123 cm³/mol. The first-order valence-corrected chi connectivity index (χ1v) is 11.2. The Balaban J connectivity index is 1.25. The van der Waals surface area contributed by atoms with Crippen LogP contribution in [0.3, 0.4) is 0 Å². The highest BCUT2D eigenvalue weighted by Gasteiger charge is 2.39. The van der Waals surface area contributed by atoms with E-state index in [1.54, 1.807) is 49.4 Å². The van der Waals surface area contributed by atoms with Gasteiger partial charge in [0, 0.05) is 18.7 Å². The predicted octanol–water partition coefficient (Wildman–Crippen LogP) is 3.36. The number of anilines is 2. The van der Waals surface area contributed by atoms with Gasteiger partial charge in [0.15, 0.2) is 17.3 Å². The van der Waals surface area contributed by atoms with E-state index < -0.39 is 5.54 Å². The maximum atomic E-state index is 12.9. The van der Waals surface area contributed by atoms with E-state index in [1.807, 2.05) is 0 Å². The summed E-state index contributed by atoms with van der Waals surface area (Å²) in [4.78, 5) is 30.1. The Morgan fingerprint density at radius 2 is 1.82 bits per heavy atom. The van der Waals surface area contributed by atoms with Gasteiger partial charge in [-0.2, -0.15) is 4.98 Å². The van der Waals surface area contributed by atoms with Gasteiger partial charge in [-0.1, -0.05) is 30.1 Å². The van der Waals surface area contributed by atoms with Gasteiger partial charge < -0.3 is 24.6 Å². The molecule has 0 saturated heterocycles. The second-order valence-electron chi connectivity index (χ2n) is 8.40. The largest absolute Gasteiger partial charge is 0.454 e. The number of hydrogen-bond donors (Lipinski definition) is 3. The third-order valence-corrected chi connectivity index (χ3v) is 6.08. The van der Waals surface area contributed by atoms with E-state index in [0.29, 0.717) is 40.2 Å². The first-order chi connectivity index (χ1) is 16.5. The third-order valence-electron chi connectivity index (χ3n) is 6.08. The van der Waals surface area contributed by atoms with Crippen LogP contribution < -0.4 is 25.4 Å². The van der Waals surface area contributed by atoms with Crippen molar-refractivity contribution in [3.63, 3.8) is 0 Å². The van der Waals surface area contributed by atoms with Crippen molar-refractivity contribution in [2.45, 2.75) is 38.1 Å². The Morgan fingerprint density at radius 3 is 2.62 bits per heavy atom. The van der Waals surface area contributed by atoms with Gasteiger partial charge in [0.2, 0.25) is 18.6 Å². The number of hydrogen-bond acceptors (Lipinski definition) is 8. The standard InChI is InChI=1S/C24H25N5O5/c1-15-26-23(29-34-15)24(10-4-5-11-24)25-13-21(30)28-18-7-3-2-6-17(18)22(31)27-16-8-9-19-20(12-16)33-14-32-19/h2-3,6-9,12,25H,4-5,10-11,13-14H2,1H3,(H,27,31)(H,28,30).